The van der Waals surface area contributed by atoms with Crippen LogP contribution in [0.2, 0.25) is 0 Å². The number of carboxylic acid groups (broad SMARTS) is 1. The average Bonchev–Trinajstić information content (AvgIpc) is 2.22. The van der Waals surface area contributed by atoms with Crippen LogP contribution in [-0.4, -0.2) is 23.3 Å². The largest absolute Gasteiger partial charge is 0.504 e. The van der Waals surface area contributed by atoms with Crippen LogP contribution in [0.5, 0.6) is 11.5 Å². The Bertz CT molecular complexity index is 475. The second kappa shape index (κ2) is 4.88. The van der Waals surface area contributed by atoms with Crippen molar-refractivity contribution < 1.29 is 19.7 Å². The summed E-state index contributed by atoms with van der Waals surface area (Å²) >= 11 is 0. The van der Waals surface area contributed by atoms with Crippen LogP contribution in [0.25, 0.3) is 0 Å². The SMILES string of the molecule is COc1c(O)cc(C(C)(C)CC(=O)O)c(C)c1C. The van der Waals surface area contributed by atoms with Gasteiger partial charge in [0.15, 0.2) is 11.5 Å². The summed E-state index contributed by atoms with van der Waals surface area (Å²) in [4.78, 5) is 10.9. The maximum Gasteiger partial charge on any atom is 0.304 e. The van der Waals surface area contributed by atoms with Gasteiger partial charge in [-0.15, -0.1) is 0 Å². The van der Waals surface area contributed by atoms with Gasteiger partial charge in [-0.3, -0.25) is 4.79 Å². The van der Waals surface area contributed by atoms with Crippen molar-refractivity contribution in [1.29, 1.82) is 0 Å². The molecule has 18 heavy (non-hydrogen) atoms. The number of aliphatic carboxylic acids is 1. The quantitative estimate of drug-likeness (QED) is 0.864. The minimum atomic E-state index is -0.854. The minimum absolute atomic E-state index is 0.0129. The van der Waals surface area contributed by atoms with Crippen LogP contribution in [0.1, 0.15) is 37.0 Å². The molecule has 0 saturated heterocycles. The van der Waals surface area contributed by atoms with Gasteiger partial charge >= 0.3 is 5.97 Å². The van der Waals surface area contributed by atoms with E-state index in [4.69, 9.17) is 9.84 Å². The molecule has 1 rings (SSSR count). The molecule has 0 heterocycles. The van der Waals surface area contributed by atoms with Gasteiger partial charge < -0.3 is 14.9 Å². The van der Waals surface area contributed by atoms with Crippen molar-refractivity contribution in [2.75, 3.05) is 7.11 Å². The number of aromatic hydroxyl groups is 1. The third-order valence-corrected chi connectivity index (χ3v) is 3.35. The molecule has 0 aliphatic carbocycles. The smallest absolute Gasteiger partial charge is 0.304 e. The standard InChI is InChI=1S/C14H20O4/c1-8-9(2)13(18-5)11(15)6-10(8)14(3,4)7-12(16)17/h6,15H,7H2,1-5H3,(H,16,17). The fraction of sp³-hybridized carbons (Fsp3) is 0.500. The number of carbonyl (C=O) groups is 1. The summed E-state index contributed by atoms with van der Waals surface area (Å²) in [6.07, 6.45) is 0.0129. The summed E-state index contributed by atoms with van der Waals surface area (Å²) in [5, 5.41) is 18.9. The van der Waals surface area contributed by atoms with Crippen molar-refractivity contribution in [2.45, 2.75) is 39.5 Å². The Morgan fingerprint density at radius 3 is 2.33 bits per heavy atom. The lowest BCUT2D eigenvalue weighted by Gasteiger charge is -2.27. The zero-order chi connectivity index (χ0) is 14.1. The van der Waals surface area contributed by atoms with Crippen LogP contribution in [-0.2, 0) is 10.2 Å². The third kappa shape index (κ3) is 2.58. The van der Waals surface area contributed by atoms with Crippen LogP contribution >= 0.6 is 0 Å². The molecule has 0 radical (unpaired) electrons. The van der Waals surface area contributed by atoms with Crippen LogP contribution in [0, 0.1) is 13.8 Å². The van der Waals surface area contributed by atoms with E-state index in [0.717, 1.165) is 16.7 Å². The Morgan fingerprint density at radius 2 is 1.89 bits per heavy atom. The predicted molar refractivity (Wildman–Crippen MR) is 69.4 cm³/mol. The van der Waals surface area contributed by atoms with E-state index in [9.17, 15) is 9.90 Å². The van der Waals surface area contributed by atoms with Gasteiger partial charge in [-0.25, -0.2) is 0 Å². The summed E-state index contributed by atoms with van der Waals surface area (Å²) in [5.41, 5.74) is 2.09. The molecule has 0 aromatic heterocycles. The fourth-order valence-electron chi connectivity index (χ4n) is 2.31. The number of rotatable bonds is 4. The monoisotopic (exact) mass is 252 g/mol. The molecule has 0 unspecified atom stereocenters. The zero-order valence-electron chi connectivity index (χ0n) is 11.5. The van der Waals surface area contributed by atoms with E-state index < -0.39 is 11.4 Å². The summed E-state index contributed by atoms with van der Waals surface area (Å²) in [6.45, 7) is 7.48. The topological polar surface area (TPSA) is 66.8 Å². The lowest BCUT2D eigenvalue weighted by Crippen LogP contribution is -2.23. The average molecular weight is 252 g/mol. The molecule has 0 fully saturated rings. The Balaban J connectivity index is 3.39. The van der Waals surface area contributed by atoms with Crippen molar-refractivity contribution >= 4 is 5.97 Å². The second-order valence-electron chi connectivity index (χ2n) is 5.18. The molecule has 1 aromatic rings. The number of benzene rings is 1. The van der Waals surface area contributed by atoms with Crippen molar-refractivity contribution in [3.8, 4) is 11.5 Å². The Hall–Kier alpha value is -1.71. The highest BCUT2D eigenvalue weighted by Gasteiger charge is 2.28. The van der Waals surface area contributed by atoms with Gasteiger partial charge in [-0.2, -0.15) is 0 Å². The molecule has 0 aliphatic rings. The van der Waals surface area contributed by atoms with Crippen molar-refractivity contribution in [1.82, 2.24) is 0 Å². The number of hydrogen-bond donors (Lipinski definition) is 2. The van der Waals surface area contributed by atoms with Crippen LogP contribution in [0.4, 0.5) is 0 Å². The predicted octanol–water partition coefficient (Wildman–Crippen LogP) is 2.77. The van der Waals surface area contributed by atoms with Crippen LogP contribution in [0.15, 0.2) is 6.07 Å². The second-order valence-corrected chi connectivity index (χ2v) is 5.18. The van der Waals surface area contributed by atoms with E-state index in [1.165, 1.54) is 7.11 Å². The van der Waals surface area contributed by atoms with Crippen LogP contribution in [0.3, 0.4) is 0 Å². The summed E-state index contributed by atoms with van der Waals surface area (Å²) in [5.74, 6) is -0.358. The first-order chi connectivity index (χ1) is 8.20. The van der Waals surface area contributed by atoms with E-state index in [1.54, 1.807) is 6.07 Å². The maximum absolute atomic E-state index is 10.9. The van der Waals surface area contributed by atoms with Gasteiger partial charge in [0.1, 0.15) is 0 Å². The highest BCUT2D eigenvalue weighted by atomic mass is 16.5. The summed E-state index contributed by atoms with van der Waals surface area (Å²) in [7, 11) is 1.50. The highest BCUT2D eigenvalue weighted by molar-refractivity contribution is 5.69. The van der Waals surface area contributed by atoms with E-state index in [-0.39, 0.29) is 12.2 Å². The summed E-state index contributed by atoms with van der Waals surface area (Å²) in [6, 6.07) is 1.60. The van der Waals surface area contributed by atoms with Gasteiger partial charge in [0.05, 0.1) is 13.5 Å². The maximum atomic E-state index is 10.9. The van der Waals surface area contributed by atoms with Gasteiger partial charge in [0.25, 0.3) is 0 Å². The van der Waals surface area contributed by atoms with Crippen molar-refractivity contribution in [3.63, 3.8) is 0 Å². The van der Waals surface area contributed by atoms with Crippen LogP contribution < -0.4 is 4.74 Å². The van der Waals surface area contributed by atoms with E-state index >= 15 is 0 Å². The van der Waals surface area contributed by atoms with Gasteiger partial charge in [0.2, 0.25) is 0 Å². The first kappa shape index (κ1) is 14.4. The molecule has 0 saturated carbocycles. The Kier molecular flexibility index (Phi) is 3.89. The first-order valence-corrected chi connectivity index (χ1v) is 5.80. The molecular weight excluding hydrogens is 232 g/mol. The Morgan fingerprint density at radius 1 is 1.33 bits per heavy atom. The minimum Gasteiger partial charge on any atom is -0.504 e. The number of phenolic OH excluding ortho intramolecular Hbond substituents is 1. The molecule has 0 bridgehead atoms. The molecular formula is C14H20O4. The van der Waals surface area contributed by atoms with Crippen molar-refractivity contribution in [3.05, 3.63) is 22.8 Å². The lowest BCUT2D eigenvalue weighted by atomic mass is 9.78. The van der Waals surface area contributed by atoms with Crippen molar-refractivity contribution in [2.24, 2.45) is 0 Å². The first-order valence-electron chi connectivity index (χ1n) is 5.80. The molecule has 4 heteroatoms. The summed E-state index contributed by atoms with van der Waals surface area (Å²) < 4.78 is 5.14. The van der Waals surface area contributed by atoms with Gasteiger partial charge in [-0.1, -0.05) is 13.8 Å². The van der Waals surface area contributed by atoms with E-state index in [1.807, 2.05) is 27.7 Å². The lowest BCUT2D eigenvalue weighted by molar-refractivity contribution is -0.138. The molecule has 2 N–H and O–H groups in total. The van der Waals surface area contributed by atoms with E-state index in [0.29, 0.717) is 5.75 Å². The molecule has 0 aliphatic heterocycles. The number of methoxy groups -OCH3 is 1. The number of carboxylic acids is 1. The zero-order valence-corrected chi connectivity index (χ0v) is 11.5. The number of phenols is 1. The fourth-order valence-corrected chi connectivity index (χ4v) is 2.31. The molecule has 100 valence electrons. The molecule has 1 aromatic carbocycles. The molecule has 0 amide bonds. The van der Waals surface area contributed by atoms with Gasteiger partial charge in [0, 0.05) is 5.41 Å². The molecule has 0 atom stereocenters. The Labute approximate surface area is 107 Å². The van der Waals surface area contributed by atoms with E-state index in [2.05, 4.69) is 0 Å². The molecule has 4 nitrogen and oxygen atoms in total. The third-order valence-electron chi connectivity index (χ3n) is 3.35. The van der Waals surface area contributed by atoms with Gasteiger partial charge in [-0.05, 0) is 36.6 Å². The molecule has 0 spiro atoms. The normalized spacial score (nSPS) is 11.4. The highest BCUT2D eigenvalue weighted by Crippen LogP contribution is 2.40. The number of hydrogen-bond acceptors (Lipinski definition) is 3. The number of ether oxygens (including phenoxy) is 1.